The Bertz CT molecular complexity index is 477. The summed E-state index contributed by atoms with van der Waals surface area (Å²) in [6.07, 6.45) is 4.31. The van der Waals surface area contributed by atoms with Gasteiger partial charge in [0.2, 0.25) is 0 Å². The van der Waals surface area contributed by atoms with Crippen molar-refractivity contribution >= 4 is 17.9 Å². The summed E-state index contributed by atoms with van der Waals surface area (Å²) in [5.41, 5.74) is 14.1. The molecule has 0 saturated heterocycles. The number of aromatic nitrogens is 1. The summed E-state index contributed by atoms with van der Waals surface area (Å²) in [6, 6.07) is 1.40. The predicted octanol–water partition coefficient (Wildman–Crippen LogP) is 1.69. The Hall–Kier alpha value is -2.53. The highest BCUT2D eigenvalue weighted by Gasteiger charge is 2.05. The molecular weight excluding hydrogens is 210 g/mol. The van der Waals surface area contributed by atoms with Crippen molar-refractivity contribution in [2.24, 2.45) is 5.11 Å². The highest BCUT2D eigenvalue weighted by molar-refractivity contribution is 5.88. The predicted molar refractivity (Wildman–Crippen MR) is 58.7 cm³/mol. The van der Waals surface area contributed by atoms with E-state index in [1.54, 1.807) is 12.2 Å². The number of carboxylic acids is 1. The van der Waals surface area contributed by atoms with Crippen molar-refractivity contribution < 1.29 is 9.90 Å². The molecule has 1 aromatic heterocycles. The summed E-state index contributed by atoms with van der Waals surface area (Å²) in [4.78, 5) is 17.0. The zero-order valence-corrected chi connectivity index (χ0v) is 8.24. The summed E-state index contributed by atoms with van der Waals surface area (Å²) >= 11 is 0. The Morgan fingerprint density at radius 1 is 1.75 bits per heavy atom. The molecule has 3 N–H and O–H groups in total. The van der Waals surface area contributed by atoms with Crippen LogP contribution in [0.4, 0.5) is 5.82 Å². The number of aromatic carboxylic acids is 1. The molecule has 82 valence electrons. The molecule has 0 aliphatic carbocycles. The molecule has 0 aliphatic heterocycles. The van der Waals surface area contributed by atoms with E-state index in [1.165, 1.54) is 12.3 Å². The fraction of sp³-hybridized carbons (Fsp3) is 0.111. The molecule has 16 heavy (non-hydrogen) atoms. The number of hydrogen-bond donors (Lipinski definition) is 2. The van der Waals surface area contributed by atoms with Crippen LogP contribution in [-0.2, 0) is 0 Å². The van der Waals surface area contributed by atoms with Crippen LogP contribution in [-0.4, -0.2) is 22.6 Å². The van der Waals surface area contributed by atoms with Crippen LogP contribution in [0.1, 0.15) is 15.9 Å². The van der Waals surface area contributed by atoms with Crippen LogP contribution in [0, 0.1) is 0 Å². The fourth-order valence-corrected chi connectivity index (χ4v) is 1.01. The minimum absolute atomic E-state index is 0.0534. The SMILES string of the molecule is [N-]=[N+]=NCC=Cc1cc(C(=O)O)cnc1N. The molecule has 0 aromatic carbocycles. The third kappa shape index (κ3) is 3.00. The van der Waals surface area contributed by atoms with Gasteiger partial charge in [-0.25, -0.2) is 9.78 Å². The lowest BCUT2D eigenvalue weighted by Crippen LogP contribution is -2.01. The largest absolute Gasteiger partial charge is 0.478 e. The molecule has 1 heterocycles. The second-order valence-electron chi connectivity index (χ2n) is 2.82. The molecule has 1 aromatic rings. The van der Waals surface area contributed by atoms with Crippen molar-refractivity contribution in [3.8, 4) is 0 Å². The van der Waals surface area contributed by atoms with Gasteiger partial charge in [0, 0.05) is 23.2 Å². The van der Waals surface area contributed by atoms with Crippen LogP contribution in [0.15, 0.2) is 23.5 Å². The lowest BCUT2D eigenvalue weighted by Gasteiger charge is -2.00. The van der Waals surface area contributed by atoms with Crippen LogP contribution in [0.5, 0.6) is 0 Å². The Labute approximate surface area is 90.9 Å². The van der Waals surface area contributed by atoms with Crippen molar-refractivity contribution in [1.29, 1.82) is 0 Å². The van der Waals surface area contributed by atoms with Crippen molar-refractivity contribution in [3.05, 3.63) is 39.9 Å². The molecule has 0 bridgehead atoms. The first-order valence-corrected chi connectivity index (χ1v) is 4.31. The first kappa shape index (κ1) is 11.5. The van der Waals surface area contributed by atoms with E-state index in [-0.39, 0.29) is 17.9 Å². The van der Waals surface area contributed by atoms with E-state index in [2.05, 4.69) is 15.0 Å². The number of pyridine rings is 1. The van der Waals surface area contributed by atoms with Gasteiger partial charge in [0.1, 0.15) is 5.82 Å². The molecule has 0 spiro atoms. The first-order valence-electron chi connectivity index (χ1n) is 4.31. The van der Waals surface area contributed by atoms with Crippen LogP contribution < -0.4 is 5.73 Å². The van der Waals surface area contributed by atoms with E-state index >= 15 is 0 Å². The molecule has 0 aliphatic rings. The van der Waals surface area contributed by atoms with Gasteiger partial charge in [-0.1, -0.05) is 17.3 Å². The number of carbonyl (C=O) groups is 1. The summed E-state index contributed by atoms with van der Waals surface area (Å²) < 4.78 is 0. The van der Waals surface area contributed by atoms with Crippen LogP contribution >= 0.6 is 0 Å². The smallest absolute Gasteiger partial charge is 0.337 e. The highest BCUT2D eigenvalue weighted by atomic mass is 16.4. The standard InChI is InChI=1S/C9H9N5O2/c10-8-6(2-1-3-13-14-11)4-7(5-12-8)9(15)16/h1-2,4-5H,3H2,(H2,10,12)(H,15,16). The van der Waals surface area contributed by atoms with Gasteiger partial charge >= 0.3 is 5.97 Å². The molecular formula is C9H9N5O2. The third-order valence-corrected chi connectivity index (χ3v) is 1.74. The van der Waals surface area contributed by atoms with E-state index in [0.29, 0.717) is 5.56 Å². The van der Waals surface area contributed by atoms with Crippen molar-refractivity contribution in [2.75, 3.05) is 12.3 Å². The van der Waals surface area contributed by atoms with Gasteiger partial charge < -0.3 is 10.8 Å². The van der Waals surface area contributed by atoms with Gasteiger partial charge in [0.05, 0.1) is 5.56 Å². The van der Waals surface area contributed by atoms with Gasteiger partial charge in [-0.3, -0.25) is 0 Å². The Morgan fingerprint density at radius 2 is 2.50 bits per heavy atom. The molecule has 1 rings (SSSR count). The van der Waals surface area contributed by atoms with Crippen LogP contribution in [0.2, 0.25) is 0 Å². The molecule has 0 amide bonds. The topological polar surface area (TPSA) is 125 Å². The average molecular weight is 219 g/mol. The molecule has 0 radical (unpaired) electrons. The number of azide groups is 1. The Kier molecular flexibility index (Phi) is 3.88. The number of nitrogens with zero attached hydrogens (tertiary/aromatic N) is 4. The Morgan fingerprint density at radius 3 is 3.12 bits per heavy atom. The molecule has 0 atom stereocenters. The third-order valence-electron chi connectivity index (χ3n) is 1.74. The maximum atomic E-state index is 10.7. The number of hydrogen-bond acceptors (Lipinski definition) is 4. The van der Waals surface area contributed by atoms with Gasteiger partial charge in [-0.15, -0.1) is 0 Å². The molecule has 0 fully saturated rings. The first-order chi connectivity index (χ1) is 7.65. The summed E-state index contributed by atoms with van der Waals surface area (Å²) in [5, 5.41) is 12.0. The van der Waals surface area contributed by atoms with Crippen molar-refractivity contribution in [3.63, 3.8) is 0 Å². The van der Waals surface area contributed by atoms with Crippen LogP contribution in [0.3, 0.4) is 0 Å². The number of nitrogens with two attached hydrogens (primary N) is 1. The lowest BCUT2D eigenvalue weighted by molar-refractivity contribution is 0.0696. The number of anilines is 1. The molecule has 7 nitrogen and oxygen atoms in total. The second-order valence-corrected chi connectivity index (χ2v) is 2.82. The van der Waals surface area contributed by atoms with Gasteiger partial charge in [-0.2, -0.15) is 0 Å². The molecule has 0 saturated carbocycles. The van der Waals surface area contributed by atoms with Gasteiger partial charge in [0.15, 0.2) is 0 Å². The van der Waals surface area contributed by atoms with Crippen molar-refractivity contribution in [2.45, 2.75) is 0 Å². The average Bonchev–Trinajstić information content (AvgIpc) is 2.26. The maximum absolute atomic E-state index is 10.7. The highest BCUT2D eigenvalue weighted by Crippen LogP contribution is 2.12. The zero-order chi connectivity index (χ0) is 12.0. The maximum Gasteiger partial charge on any atom is 0.337 e. The minimum atomic E-state index is -1.07. The monoisotopic (exact) mass is 219 g/mol. The van der Waals surface area contributed by atoms with E-state index in [0.717, 1.165) is 0 Å². The van der Waals surface area contributed by atoms with E-state index in [9.17, 15) is 4.79 Å². The molecule has 7 heteroatoms. The fourth-order valence-electron chi connectivity index (χ4n) is 1.01. The summed E-state index contributed by atoms with van der Waals surface area (Å²) in [5.74, 6) is -0.848. The number of rotatable bonds is 4. The van der Waals surface area contributed by atoms with E-state index in [1.807, 2.05) is 0 Å². The van der Waals surface area contributed by atoms with E-state index in [4.69, 9.17) is 16.4 Å². The van der Waals surface area contributed by atoms with E-state index < -0.39 is 5.97 Å². The van der Waals surface area contributed by atoms with Gasteiger partial charge in [0.25, 0.3) is 0 Å². The zero-order valence-electron chi connectivity index (χ0n) is 8.24. The summed E-state index contributed by atoms with van der Waals surface area (Å²) in [6.45, 7) is 0.174. The quantitative estimate of drug-likeness (QED) is 0.453. The minimum Gasteiger partial charge on any atom is -0.478 e. The normalized spacial score (nSPS) is 10.0. The second kappa shape index (κ2) is 5.38. The van der Waals surface area contributed by atoms with Gasteiger partial charge in [-0.05, 0) is 11.6 Å². The summed E-state index contributed by atoms with van der Waals surface area (Å²) in [7, 11) is 0. The molecule has 0 unspecified atom stereocenters. The number of carboxylic acid groups (broad SMARTS) is 1. The van der Waals surface area contributed by atoms with Crippen LogP contribution in [0.25, 0.3) is 16.5 Å². The lowest BCUT2D eigenvalue weighted by atomic mass is 10.2. The number of nitrogen functional groups attached to an aromatic ring is 1. The van der Waals surface area contributed by atoms with Crippen molar-refractivity contribution in [1.82, 2.24) is 4.98 Å². The Balaban J connectivity index is 2.94.